The third-order valence-electron chi connectivity index (χ3n) is 6.88. The van der Waals surface area contributed by atoms with Crippen molar-refractivity contribution in [3.05, 3.63) is 29.8 Å². The smallest absolute Gasteiger partial charge is 0.251 e. The maximum Gasteiger partial charge on any atom is 0.251 e. The van der Waals surface area contributed by atoms with E-state index in [-0.39, 0.29) is 17.9 Å². The number of rotatable bonds is 7. The lowest BCUT2D eigenvalue weighted by Crippen LogP contribution is -2.53. The third kappa shape index (κ3) is 5.77. The van der Waals surface area contributed by atoms with Crippen LogP contribution >= 0.6 is 0 Å². The topological polar surface area (TPSA) is 65.1 Å². The fourth-order valence-corrected chi connectivity index (χ4v) is 5.15. The van der Waals surface area contributed by atoms with Gasteiger partial charge in [0, 0.05) is 56.9 Å². The van der Waals surface area contributed by atoms with Crippen LogP contribution in [0.4, 0.5) is 0 Å². The molecule has 1 atom stereocenters. The number of amides is 2. The predicted molar refractivity (Wildman–Crippen MR) is 120 cm³/mol. The van der Waals surface area contributed by atoms with E-state index in [1.165, 1.54) is 25.7 Å². The van der Waals surface area contributed by atoms with Crippen molar-refractivity contribution >= 4 is 11.8 Å². The zero-order valence-electron chi connectivity index (χ0n) is 18.7. The Morgan fingerprint density at radius 2 is 1.84 bits per heavy atom. The van der Waals surface area contributed by atoms with E-state index in [1.54, 1.807) is 12.1 Å². The molecule has 7 heteroatoms. The molecule has 170 valence electrons. The average Bonchev–Trinajstić information content (AvgIpc) is 3.47. The highest BCUT2D eigenvalue weighted by atomic mass is 16.5. The minimum atomic E-state index is -0.0808. The minimum absolute atomic E-state index is 0.0789. The Labute approximate surface area is 185 Å². The molecule has 0 spiro atoms. The number of ether oxygens (including phenoxy) is 1. The summed E-state index contributed by atoms with van der Waals surface area (Å²) in [6.07, 6.45) is 6.23. The lowest BCUT2D eigenvalue weighted by Gasteiger charge is -2.38. The van der Waals surface area contributed by atoms with Crippen LogP contribution in [0.5, 0.6) is 5.75 Å². The molecule has 3 fully saturated rings. The van der Waals surface area contributed by atoms with Crippen LogP contribution in [0.25, 0.3) is 0 Å². The summed E-state index contributed by atoms with van der Waals surface area (Å²) in [6, 6.07) is 8.10. The molecule has 2 amide bonds. The lowest BCUT2D eigenvalue weighted by molar-refractivity contribution is -0.134. The first-order chi connectivity index (χ1) is 15.1. The summed E-state index contributed by atoms with van der Waals surface area (Å²) >= 11 is 0. The highest BCUT2D eigenvalue weighted by Crippen LogP contribution is 2.24. The molecular formula is C24H36N4O3. The first-order valence-corrected chi connectivity index (χ1v) is 11.9. The Morgan fingerprint density at radius 1 is 1.06 bits per heavy atom. The Morgan fingerprint density at radius 3 is 2.58 bits per heavy atom. The number of carbonyl (C=O) groups is 2. The zero-order chi connectivity index (χ0) is 21.6. The van der Waals surface area contributed by atoms with Crippen LogP contribution in [0.1, 0.15) is 49.4 Å². The van der Waals surface area contributed by atoms with Crippen LogP contribution in [-0.2, 0) is 4.79 Å². The van der Waals surface area contributed by atoms with Crippen molar-refractivity contribution in [2.24, 2.45) is 0 Å². The van der Waals surface area contributed by atoms with E-state index in [1.807, 2.05) is 24.0 Å². The molecule has 0 radical (unpaired) electrons. The summed E-state index contributed by atoms with van der Waals surface area (Å²) in [6.45, 7) is 8.24. The van der Waals surface area contributed by atoms with Gasteiger partial charge in [-0.05, 0) is 44.4 Å². The summed E-state index contributed by atoms with van der Waals surface area (Å²) < 4.78 is 5.49. The van der Waals surface area contributed by atoms with E-state index in [4.69, 9.17) is 4.74 Å². The number of carbonyl (C=O) groups excluding carboxylic acids is 2. The van der Waals surface area contributed by atoms with Gasteiger partial charge in [0.05, 0.1) is 13.2 Å². The summed E-state index contributed by atoms with van der Waals surface area (Å²) in [4.78, 5) is 32.2. The van der Waals surface area contributed by atoms with Gasteiger partial charge in [-0.3, -0.25) is 19.4 Å². The van der Waals surface area contributed by atoms with Gasteiger partial charge in [-0.15, -0.1) is 0 Å². The van der Waals surface area contributed by atoms with Crippen molar-refractivity contribution < 1.29 is 14.3 Å². The third-order valence-corrected chi connectivity index (χ3v) is 6.88. The highest BCUT2D eigenvalue weighted by Gasteiger charge is 2.30. The molecule has 1 aromatic rings. The summed E-state index contributed by atoms with van der Waals surface area (Å²) in [5.41, 5.74) is 0.612. The molecule has 2 saturated heterocycles. The Balaban J connectivity index is 1.20. The molecule has 1 N–H and O–H groups in total. The standard InChI is InChI=1S/C24H36N4O3/c1-2-31-22-9-5-6-19(16-22)24(30)25-20-10-11-26(17-20)18-23(29)28-14-12-27(13-15-28)21-7-3-4-8-21/h5-6,9,16,20-21H,2-4,7-8,10-15,17-18H2,1H3,(H,25,30). The van der Waals surface area contributed by atoms with E-state index in [0.29, 0.717) is 24.5 Å². The minimum Gasteiger partial charge on any atom is -0.494 e. The molecule has 4 rings (SSSR count). The van der Waals surface area contributed by atoms with Crippen LogP contribution in [0.3, 0.4) is 0 Å². The van der Waals surface area contributed by atoms with Crippen molar-refractivity contribution in [3.63, 3.8) is 0 Å². The van der Waals surface area contributed by atoms with Crippen LogP contribution in [-0.4, -0.2) is 91.0 Å². The molecule has 1 unspecified atom stereocenters. The maximum absolute atomic E-state index is 12.8. The quantitative estimate of drug-likeness (QED) is 0.720. The Kier molecular flexibility index (Phi) is 7.45. The lowest BCUT2D eigenvalue weighted by atomic mass is 10.1. The van der Waals surface area contributed by atoms with Gasteiger partial charge < -0.3 is 15.0 Å². The van der Waals surface area contributed by atoms with E-state index in [9.17, 15) is 9.59 Å². The maximum atomic E-state index is 12.8. The monoisotopic (exact) mass is 428 g/mol. The van der Waals surface area contributed by atoms with Gasteiger partial charge in [0.25, 0.3) is 5.91 Å². The molecule has 31 heavy (non-hydrogen) atoms. The molecule has 3 aliphatic rings. The van der Waals surface area contributed by atoms with Gasteiger partial charge in [0.1, 0.15) is 5.75 Å². The van der Waals surface area contributed by atoms with E-state index < -0.39 is 0 Å². The number of nitrogens with zero attached hydrogens (tertiary/aromatic N) is 3. The number of hydrogen-bond acceptors (Lipinski definition) is 5. The molecule has 0 bridgehead atoms. The van der Waals surface area contributed by atoms with Crippen LogP contribution in [0, 0.1) is 0 Å². The van der Waals surface area contributed by atoms with Gasteiger partial charge in [-0.2, -0.15) is 0 Å². The van der Waals surface area contributed by atoms with Gasteiger partial charge >= 0.3 is 0 Å². The fourth-order valence-electron chi connectivity index (χ4n) is 5.15. The molecule has 2 heterocycles. The summed E-state index contributed by atoms with van der Waals surface area (Å²) in [5.74, 6) is 0.854. The van der Waals surface area contributed by atoms with Crippen LogP contribution in [0.15, 0.2) is 24.3 Å². The van der Waals surface area contributed by atoms with Crippen molar-refractivity contribution in [2.45, 2.75) is 51.1 Å². The first-order valence-electron chi connectivity index (χ1n) is 11.9. The van der Waals surface area contributed by atoms with E-state index >= 15 is 0 Å². The normalized spacial score (nSPS) is 23.3. The number of hydrogen-bond donors (Lipinski definition) is 1. The largest absolute Gasteiger partial charge is 0.494 e. The number of likely N-dealkylation sites (tertiary alicyclic amines) is 1. The van der Waals surface area contributed by atoms with Crippen LogP contribution < -0.4 is 10.1 Å². The Hall–Kier alpha value is -2.12. The molecule has 2 aliphatic heterocycles. The van der Waals surface area contributed by atoms with Crippen molar-refractivity contribution in [1.82, 2.24) is 20.0 Å². The van der Waals surface area contributed by atoms with Crippen molar-refractivity contribution in [1.29, 1.82) is 0 Å². The second kappa shape index (κ2) is 10.5. The SMILES string of the molecule is CCOc1cccc(C(=O)NC2CCN(CC(=O)N3CCN(C4CCCC4)CC3)C2)c1. The van der Waals surface area contributed by atoms with Crippen molar-refractivity contribution in [2.75, 3.05) is 52.4 Å². The molecule has 1 saturated carbocycles. The van der Waals surface area contributed by atoms with Crippen molar-refractivity contribution in [3.8, 4) is 5.75 Å². The molecule has 1 aliphatic carbocycles. The number of nitrogens with one attached hydrogen (secondary N) is 1. The second-order valence-corrected chi connectivity index (χ2v) is 9.01. The predicted octanol–water partition coefficient (Wildman–Crippen LogP) is 1.98. The van der Waals surface area contributed by atoms with E-state index in [2.05, 4.69) is 15.1 Å². The van der Waals surface area contributed by atoms with Crippen LogP contribution in [0.2, 0.25) is 0 Å². The van der Waals surface area contributed by atoms with Gasteiger partial charge in [-0.25, -0.2) is 0 Å². The van der Waals surface area contributed by atoms with Gasteiger partial charge in [0.2, 0.25) is 5.91 Å². The average molecular weight is 429 g/mol. The Bertz CT molecular complexity index is 757. The molecule has 0 aromatic heterocycles. The second-order valence-electron chi connectivity index (χ2n) is 9.01. The van der Waals surface area contributed by atoms with Gasteiger partial charge in [0.15, 0.2) is 0 Å². The highest BCUT2D eigenvalue weighted by molar-refractivity contribution is 5.94. The molecule has 1 aromatic carbocycles. The zero-order valence-corrected chi connectivity index (χ0v) is 18.7. The van der Waals surface area contributed by atoms with Gasteiger partial charge in [-0.1, -0.05) is 18.9 Å². The molecule has 7 nitrogen and oxygen atoms in total. The number of benzene rings is 1. The first kappa shape index (κ1) is 22.1. The summed E-state index contributed by atoms with van der Waals surface area (Å²) in [5, 5.41) is 3.12. The van der Waals surface area contributed by atoms with E-state index in [0.717, 1.165) is 51.7 Å². The fraction of sp³-hybridized carbons (Fsp3) is 0.667. The number of piperazine rings is 1. The summed E-state index contributed by atoms with van der Waals surface area (Å²) in [7, 11) is 0. The molecular weight excluding hydrogens is 392 g/mol.